The Balaban J connectivity index is 2.54. The Bertz CT molecular complexity index is 798. The van der Waals surface area contributed by atoms with Gasteiger partial charge in [0.1, 0.15) is 5.69 Å². The summed E-state index contributed by atoms with van der Waals surface area (Å²) in [5.41, 5.74) is 1.13. The number of hydrogen-bond donors (Lipinski definition) is 3. The van der Waals surface area contributed by atoms with Crippen LogP contribution in [0, 0.1) is 0 Å². The highest BCUT2D eigenvalue weighted by Crippen LogP contribution is 2.25. The zero-order valence-corrected chi connectivity index (χ0v) is 8.65. The van der Waals surface area contributed by atoms with Gasteiger partial charge in [0.25, 0.3) is 0 Å². The van der Waals surface area contributed by atoms with Crippen molar-refractivity contribution in [3.8, 4) is 0 Å². The summed E-state index contributed by atoms with van der Waals surface area (Å²) in [6.45, 7) is 0. The first-order chi connectivity index (χ1) is 8.16. The zero-order chi connectivity index (χ0) is 12.0. The minimum absolute atomic E-state index is 0.0890. The van der Waals surface area contributed by atoms with E-state index in [0.717, 1.165) is 10.8 Å². The van der Waals surface area contributed by atoms with Crippen LogP contribution in [0.5, 0.6) is 0 Å². The van der Waals surface area contributed by atoms with Gasteiger partial charge < -0.3 is 15.1 Å². The number of pyridine rings is 1. The Hall–Kier alpha value is -2.56. The number of fused-ring (bicyclic) bond motifs is 3. The van der Waals surface area contributed by atoms with Crippen molar-refractivity contribution in [2.24, 2.45) is 0 Å². The monoisotopic (exact) mass is 228 g/mol. The molecule has 2 aromatic heterocycles. The highest BCUT2D eigenvalue weighted by Gasteiger charge is 2.12. The number of nitrogens with one attached hydrogen (secondary N) is 2. The molecule has 3 N–H and O–H groups in total. The van der Waals surface area contributed by atoms with E-state index < -0.39 is 5.97 Å². The maximum atomic E-state index is 11.2. The number of carbonyl (C=O) groups is 1. The minimum Gasteiger partial charge on any atom is -0.477 e. The second-order valence-corrected chi connectivity index (χ2v) is 3.78. The van der Waals surface area contributed by atoms with E-state index in [-0.39, 0.29) is 11.1 Å². The number of carboxylic acid groups (broad SMARTS) is 1. The summed E-state index contributed by atoms with van der Waals surface area (Å²) in [6.07, 6.45) is 1.57. The van der Waals surface area contributed by atoms with Crippen molar-refractivity contribution in [1.82, 2.24) is 9.97 Å². The zero-order valence-electron chi connectivity index (χ0n) is 8.65. The number of hydrogen-bond acceptors (Lipinski definition) is 2. The first-order valence-corrected chi connectivity index (χ1v) is 5.03. The summed E-state index contributed by atoms with van der Waals surface area (Å²) in [7, 11) is 0. The van der Waals surface area contributed by atoms with Crippen LogP contribution in [0.3, 0.4) is 0 Å². The van der Waals surface area contributed by atoms with Gasteiger partial charge in [0, 0.05) is 23.0 Å². The smallest absolute Gasteiger partial charge is 0.354 e. The first kappa shape index (κ1) is 9.65. The molecule has 0 fully saturated rings. The van der Waals surface area contributed by atoms with Crippen molar-refractivity contribution < 1.29 is 9.90 Å². The average Bonchev–Trinajstić information content (AvgIpc) is 2.65. The maximum Gasteiger partial charge on any atom is 0.354 e. The summed E-state index contributed by atoms with van der Waals surface area (Å²) in [6, 6.07) is 6.40. The lowest BCUT2D eigenvalue weighted by atomic mass is 10.1. The summed E-state index contributed by atoms with van der Waals surface area (Å²) in [5, 5.41) is 10.7. The van der Waals surface area contributed by atoms with Crippen molar-refractivity contribution >= 4 is 27.8 Å². The Kier molecular flexibility index (Phi) is 1.82. The van der Waals surface area contributed by atoms with Gasteiger partial charge in [-0.25, -0.2) is 4.79 Å². The molecule has 5 heteroatoms. The van der Waals surface area contributed by atoms with E-state index in [1.54, 1.807) is 18.3 Å². The van der Waals surface area contributed by atoms with Gasteiger partial charge in [0.05, 0.1) is 11.0 Å². The minimum atomic E-state index is -1.04. The molecule has 0 aliphatic carbocycles. The van der Waals surface area contributed by atoms with Crippen molar-refractivity contribution in [3.63, 3.8) is 0 Å². The second kappa shape index (κ2) is 3.21. The molecule has 0 atom stereocenters. The fourth-order valence-electron chi connectivity index (χ4n) is 2.02. The van der Waals surface area contributed by atoms with Crippen molar-refractivity contribution in [2.45, 2.75) is 0 Å². The molecular weight excluding hydrogens is 220 g/mol. The van der Waals surface area contributed by atoms with E-state index in [2.05, 4.69) is 9.97 Å². The third kappa shape index (κ3) is 1.32. The van der Waals surface area contributed by atoms with Crippen LogP contribution in [0.25, 0.3) is 21.8 Å². The van der Waals surface area contributed by atoms with Gasteiger partial charge in [-0.15, -0.1) is 0 Å². The van der Waals surface area contributed by atoms with Gasteiger partial charge in [-0.2, -0.15) is 0 Å². The number of carboxylic acids is 1. The number of aromatic nitrogens is 2. The fourth-order valence-corrected chi connectivity index (χ4v) is 2.02. The summed E-state index contributed by atoms with van der Waals surface area (Å²) in [5.74, 6) is -1.04. The molecule has 0 bridgehead atoms. The molecular formula is C12H8N2O3. The molecule has 17 heavy (non-hydrogen) atoms. The fraction of sp³-hybridized carbons (Fsp3) is 0. The Labute approximate surface area is 94.7 Å². The van der Waals surface area contributed by atoms with Gasteiger partial charge in [0.15, 0.2) is 5.43 Å². The number of rotatable bonds is 1. The highest BCUT2D eigenvalue weighted by atomic mass is 16.4. The molecule has 2 heterocycles. The van der Waals surface area contributed by atoms with Gasteiger partial charge >= 0.3 is 5.97 Å². The normalized spacial score (nSPS) is 11.1. The van der Waals surface area contributed by atoms with Crippen LogP contribution in [0.2, 0.25) is 0 Å². The molecule has 0 aliphatic heterocycles. The molecule has 0 unspecified atom stereocenters. The third-order valence-electron chi connectivity index (χ3n) is 2.75. The summed E-state index contributed by atoms with van der Waals surface area (Å²) in [4.78, 5) is 27.9. The Morgan fingerprint density at radius 2 is 2.00 bits per heavy atom. The molecule has 84 valence electrons. The topological polar surface area (TPSA) is 85.9 Å². The molecule has 0 aliphatic rings. The molecule has 3 aromatic rings. The quantitative estimate of drug-likeness (QED) is 0.592. The third-order valence-corrected chi connectivity index (χ3v) is 2.75. The SMILES string of the molecule is O=C(O)c1[nH]ccc2c1[nH]c1cc(=O)ccc12. The van der Waals surface area contributed by atoms with Crippen LogP contribution >= 0.6 is 0 Å². The van der Waals surface area contributed by atoms with Crippen LogP contribution < -0.4 is 5.43 Å². The summed E-state index contributed by atoms with van der Waals surface area (Å²) < 4.78 is 0. The number of aromatic carboxylic acids is 1. The molecule has 0 saturated carbocycles. The van der Waals surface area contributed by atoms with Crippen molar-refractivity contribution in [3.05, 3.63) is 46.4 Å². The van der Waals surface area contributed by atoms with E-state index in [9.17, 15) is 9.59 Å². The highest BCUT2D eigenvalue weighted by molar-refractivity contribution is 6.12. The van der Waals surface area contributed by atoms with E-state index in [4.69, 9.17) is 5.11 Å². The van der Waals surface area contributed by atoms with Gasteiger partial charge in [0.2, 0.25) is 0 Å². The lowest BCUT2D eigenvalue weighted by molar-refractivity contribution is 0.0692. The number of H-pyrrole nitrogens is 2. The largest absolute Gasteiger partial charge is 0.477 e. The van der Waals surface area contributed by atoms with Gasteiger partial charge in [-0.3, -0.25) is 4.79 Å². The number of aromatic amines is 2. The molecule has 0 spiro atoms. The molecule has 1 aromatic carbocycles. The Morgan fingerprint density at radius 3 is 2.76 bits per heavy atom. The van der Waals surface area contributed by atoms with E-state index in [1.165, 1.54) is 12.1 Å². The van der Waals surface area contributed by atoms with Crippen LogP contribution in [0.15, 0.2) is 35.3 Å². The molecule has 3 rings (SSSR count). The van der Waals surface area contributed by atoms with E-state index >= 15 is 0 Å². The Morgan fingerprint density at radius 1 is 1.18 bits per heavy atom. The molecule has 5 nitrogen and oxygen atoms in total. The predicted molar refractivity (Wildman–Crippen MR) is 63.4 cm³/mol. The van der Waals surface area contributed by atoms with Crippen LogP contribution in [0.4, 0.5) is 0 Å². The van der Waals surface area contributed by atoms with Crippen LogP contribution in [-0.4, -0.2) is 21.0 Å². The first-order valence-electron chi connectivity index (χ1n) is 5.03. The predicted octanol–water partition coefficient (Wildman–Crippen LogP) is 1.71. The molecule has 0 radical (unpaired) electrons. The van der Waals surface area contributed by atoms with Crippen molar-refractivity contribution in [2.75, 3.05) is 0 Å². The van der Waals surface area contributed by atoms with Crippen LogP contribution in [0.1, 0.15) is 10.5 Å². The maximum absolute atomic E-state index is 11.2. The summed E-state index contributed by atoms with van der Waals surface area (Å²) >= 11 is 0. The van der Waals surface area contributed by atoms with Crippen LogP contribution in [-0.2, 0) is 0 Å². The van der Waals surface area contributed by atoms with Crippen molar-refractivity contribution in [1.29, 1.82) is 0 Å². The van der Waals surface area contributed by atoms with Gasteiger partial charge in [-0.1, -0.05) is 0 Å². The van der Waals surface area contributed by atoms with E-state index in [1.807, 2.05) is 0 Å². The molecule has 0 amide bonds. The van der Waals surface area contributed by atoms with E-state index in [0.29, 0.717) is 11.0 Å². The lowest BCUT2D eigenvalue weighted by Crippen LogP contribution is -2.00. The average molecular weight is 228 g/mol. The number of benzene rings is 1. The standard InChI is InChI=1S/C12H8N2O3/c15-6-1-2-7-8-3-4-13-11(12(16)17)10(8)14-9(7)5-6/h1-5,13-14H,(H,16,17). The van der Waals surface area contributed by atoms with Gasteiger partial charge in [-0.05, 0) is 18.2 Å². The second-order valence-electron chi connectivity index (χ2n) is 3.78. The lowest BCUT2D eigenvalue weighted by Gasteiger charge is -1.96. The molecule has 0 saturated heterocycles.